The molecule has 0 bridgehead atoms. The Balaban J connectivity index is 0. The Hall–Kier alpha value is -2.04. The number of aryl methyl sites for hydroxylation is 2. The molecule has 31 heavy (non-hydrogen) atoms. The number of aldehydes is 1. The van der Waals surface area contributed by atoms with Crippen molar-refractivity contribution in [1.29, 1.82) is 0 Å². The summed E-state index contributed by atoms with van der Waals surface area (Å²) in [5.41, 5.74) is 2.13. The maximum atomic E-state index is 10.9. The van der Waals surface area contributed by atoms with Crippen molar-refractivity contribution in [2.24, 2.45) is 0 Å². The van der Waals surface area contributed by atoms with Gasteiger partial charge in [-0.1, -0.05) is 42.3 Å². The van der Waals surface area contributed by atoms with E-state index in [4.69, 9.17) is 6.17 Å². The molecule has 0 aliphatic carbocycles. The smallest absolute Gasteiger partial charge is 0.175 e. The van der Waals surface area contributed by atoms with Crippen molar-refractivity contribution < 1.29 is 31.4 Å². The molecule has 7 nitrogen and oxygen atoms in total. The number of sulfone groups is 3. The van der Waals surface area contributed by atoms with Crippen molar-refractivity contribution >= 4 is 35.8 Å². The molecule has 0 aliphatic heterocycles. The maximum Gasteiger partial charge on any atom is 0.175 e. The van der Waals surface area contributed by atoms with Gasteiger partial charge in [0.25, 0.3) is 0 Å². The summed E-state index contributed by atoms with van der Waals surface area (Å²) in [4.78, 5) is 9.87. The van der Waals surface area contributed by atoms with Gasteiger partial charge in [-0.15, -0.1) is 0 Å². The summed E-state index contributed by atoms with van der Waals surface area (Å²) in [6, 6.07) is 13.6. The van der Waals surface area contributed by atoms with Crippen LogP contribution in [0.4, 0.5) is 0 Å². The maximum absolute atomic E-state index is 10.9. The zero-order valence-electron chi connectivity index (χ0n) is 19.9. The van der Waals surface area contributed by atoms with E-state index in [-0.39, 0.29) is 5.75 Å². The minimum Gasteiger partial charge on any atom is -0.304 e. The average molecular weight is 494 g/mol. The van der Waals surface area contributed by atoms with Crippen LogP contribution in [0.25, 0.3) is 0 Å². The van der Waals surface area contributed by atoms with Crippen LogP contribution in [0.1, 0.15) is 26.3 Å². The second-order valence-electron chi connectivity index (χ2n) is 6.59. The molecule has 0 aliphatic rings. The summed E-state index contributed by atoms with van der Waals surface area (Å²) >= 11 is 0. The summed E-state index contributed by atoms with van der Waals surface area (Å²) < 4.78 is 69.7. The zero-order valence-corrected chi connectivity index (χ0v) is 21.4. The van der Waals surface area contributed by atoms with E-state index in [1.54, 1.807) is 55.5 Å². The summed E-state index contributed by atoms with van der Waals surface area (Å²) in [5, 5.41) is 0. The first-order chi connectivity index (χ1) is 14.3. The van der Waals surface area contributed by atoms with E-state index in [1.165, 1.54) is 25.7 Å². The Morgan fingerprint density at radius 1 is 0.710 bits per heavy atom. The van der Waals surface area contributed by atoms with Gasteiger partial charge in [0.1, 0.15) is 17.5 Å². The molecular formula is C21H32O7S3. The van der Waals surface area contributed by atoms with Crippen molar-refractivity contribution in [3.8, 4) is 0 Å². The van der Waals surface area contributed by atoms with E-state index in [2.05, 4.69) is 0 Å². The van der Waals surface area contributed by atoms with Crippen LogP contribution in [0, 0.1) is 13.8 Å². The van der Waals surface area contributed by atoms with Gasteiger partial charge in [-0.3, -0.25) is 0 Å². The summed E-state index contributed by atoms with van der Waals surface area (Å²) in [5.74, 6) is 0.243. The largest absolute Gasteiger partial charge is 0.304 e. The molecule has 0 amide bonds. The number of benzene rings is 2. The summed E-state index contributed by atoms with van der Waals surface area (Å²) in [6.45, 7) is 6.66. The van der Waals surface area contributed by atoms with E-state index in [0.717, 1.165) is 11.1 Å². The predicted molar refractivity (Wildman–Crippen MR) is 126 cm³/mol. The molecule has 0 saturated heterocycles. The van der Waals surface area contributed by atoms with Gasteiger partial charge < -0.3 is 4.79 Å². The number of carbonyl (C=O) groups is 1. The third-order valence-corrected chi connectivity index (χ3v) is 6.73. The highest BCUT2D eigenvalue weighted by molar-refractivity contribution is 7.91. The van der Waals surface area contributed by atoms with E-state index in [0.29, 0.717) is 9.79 Å². The molecule has 0 saturated carbocycles. The molecule has 2 aromatic rings. The van der Waals surface area contributed by atoms with Crippen LogP contribution in [-0.2, 0) is 34.3 Å². The van der Waals surface area contributed by atoms with Gasteiger partial charge in [-0.2, -0.15) is 0 Å². The van der Waals surface area contributed by atoms with Crippen molar-refractivity contribution in [1.82, 2.24) is 0 Å². The topological polar surface area (TPSA) is 119 Å². The molecule has 2 aromatic carbocycles. The highest BCUT2D eigenvalue weighted by atomic mass is 32.2. The van der Waals surface area contributed by atoms with Gasteiger partial charge in [0, 0.05) is 24.5 Å². The fraction of sp³-hybridized carbons (Fsp3) is 0.381. The lowest BCUT2D eigenvalue weighted by Gasteiger charge is -1.96. The van der Waals surface area contributed by atoms with Crippen LogP contribution in [0.2, 0.25) is 0 Å². The van der Waals surface area contributed by atoms with Gasteiger partial charge in [0.2, 0.25) is 0 Å². The van der Waals surface area contributed by atoms with Crippen molar-refractivity contribution in [3.05, 3.63) is 59.7 Å². The van der Waals surface area contributed by atoms with Gasteiger partial charge >= 0.3 is 0 Å². The second kappa shape index (κ2) is 14.1. The Morgan fingerprint density at radius 2 is 0.903 bits per heavy atom. The minimum absolute atomic E-state index is 0.243. The van der Waals surface area contributed by atoms with Gasteiger partial charge in [0.15, 0.2) is 19.7 Å². The summed E-state index contributed by atoms with van der Waals surface area (Å²) in [7, 11) is -8.70. The van der Waals surface area contributed by atoms with Crippen molar-refractivity contribution in [2.75, 3.05) is 24.5 Å². The number of hydrogen-bond acceptors (Lipinski definition) is 7. The van der Waals surface area contributed by atoms with Crippen LogP contribution in [0.3, 0.4) is 0 Å². The Morgan fingerprint density at radius 3 is 1.03 bits per heavy atom. The molecule has 0 aromatic heterocycles. The first-order valence-corrected chi connectivity index (χ1v) is 14.8. The lowest BCUT2D eigenvalue weighted by Crippen LogP contribution is -1.96. The van der Waals surface area contributed by atoms with E-state index >= 15 is 0 Å². The van der Waals surface area contributed by atoms with Crippen molar-refractivity contribution in [3.63, 3.8) is 0 Å². The normalized spacial score (nSPS) is 11.3. The van der Waals surface area contributed by atoms with Gasteiger partial charge in [-0.25, -0.2) is 25.3 Å². The molecule has 176 valence electrons. The number of hydrogen-bond donors (Lipinski definition) is 0. The monoisotopic (exact) mass is 493 g/mol. The number of rotatable bonds is 3. The fourth-order valence-electron chi connectivity index (χ4n) is 1.57. The lowest BCUT2D eigenvalue weighted by molar-refractivity contribution is -0.106. The third kappa shape index (κ3) is 17.3. The van der Waals surface area contributed by atoms with Crippen molar-refractivity contribution in [2.45, 2.75) is 37.5 Å². The molecule has 0 radical (unpaired) electrons. The Kier molecular flexibility index (Phi) is 13.2. The standard InChI is InChI=1S/2C8H10O2S.C3H8O2S.C2H4O/c2*1-7-3-5-8(6-4-7)11(2,9)10;1-3-6(2,4)5;1-2-3/h2*3-6H,1-2H3;3H2,1-2H3;2H,1H3/i;;;2D. The molecule has 0 heterocycles. The van der Waals surface area contributed by atoms with Crippen LogP contribution in [0.5, 0.6) is 0 Å². The molecule has 0 unspecified atom stereocenters. The Labute approximate surface area is 188 Å². The van der Waals surface area contributed by atoms with Crippen LogP contribution < -0.4 is 0 Å². The molecule has 0 N–H and O–H groups in total. The Bertz CT molecular complexity index is 1070. The minimum atomic E-state index is -3.02. The third-order valence-electron chi connectivity index (χ3n) is 3.42. The molecule has 0 atom stereocenters. The molecule has 2 rings (SSSR count). The first-order valence-electron chi connectivity index (χ1n) is 9.48. The van der Waals surface area contributed by atoms with Crippen LogP contribution in [0.15, 0.2) is 58.3 Å². The average Bonchev–Trinajstić information content (AvgIpc) is 2.61. The van der Waals surface area contributed by atoms with E-state index in [1.807, 2.05) is 13.8 Å². The quantitative estimate of drug-likeness (QED) is 0.603. The molecular weight excluding hydrogens is 460 g/mol. The second-order valence-corrected chi connectivity index (χ2v) is 13.0. The molecule has 0 fully saturated rings. The van der Waals surface area contributed by atoms with E-state index < -0.39 is 35.8 Å². The summed E-state index contributed by atoms with van der Waals surface area (Å²) in [6.07, 6.45) is 3.04. The zero-order chi connectivity index (χ0) is 25.8. The molecule has 0 spiro atoms. The predicted octanol–water partition coefficient (Wildman–Crippen LogP) is 3.05. The first kappa shape index (κ1) is 29.0. The van der Waals surface area contributed by atoms with Crippen LogP contribution in [-0.4, -0.2) is 56.0 Å². The lowest BCUT2D eigenvalue weighted by atomic mass is 10.2. The van der Waals surface area contributed by atoms with Gasteiger partial charge in [0.05, 0.1) is 9.79 Å². The molecule has 10 heteroatoms. The van der Waals surface area contributed by atoms with Crippen LogP contribution >= 0.6 is 0 Å². The highest BCUT2D eigenvalue weighted by Gasteiger charge is 2.05. The van der Waals surface area contributed by atoms with E-state index in [9.17, 15) is 25.3 Å². The SMILES string of the molecule is CCS(C)(=O)=O.Cc1ccc(S(C)(=O)=O)cc1.Cc1ccc(S(C)(=O)=O)cc1.[2H]C(C)=O. The highest BCUT2D eigenvalue weighted by Crippen LogP contribution is 2.09. The fourth-order valence-corrected chi connectivity index (χ4v) is 2.83. The number of carbonyl (C=O) groups excluding carboxylic acids is 1. The van der Waals surface area contributed by atoms with Gasteiger partial charge in [-0.05, 0) is 45.0 Å².